The van der Waals surface area contributed by atoms with Gasteiger partial charge in [0, 0.05) is 6.54 Å². The van der Waals surface area contributed by atoms with Gasteiger partial charge in [0.25, 0.3) is 0 Å². The van der Waals surface area contributed by atoms with Gasteiger partial charge in [0.05, 0.1) is 13.2 Å². The Balaban J connectivity index is 0. The minimum absolute atomic E-state index is 0.0938. The predicted octanol–water partition coefficient (Wildman–Crippen LogP) is 3.83. The second-order valence-corrected chi connectivity index (χ2v) is 7.10. The summed E-state index contributed by atoms with van der Waals surface area (Å²) in [5.41, 5.74) is 4.78. The Morgan fingerprint density at radius 2 is 1.12 bits per heavy atom. The fourth-order valence-electron chi connectivity index (χ4n) is 2.28. The smallest absolute Gasteiger partial charge is 0.395 e. The highest BCUT2D eigenvalue weighted by Crippen LogP contribution is 2.12. The first-order valence-electron chi connectivity index (χ1n) is 9.40. The van der Waals surface area contributed by atoms with Crippen LogP contribution in [0.2, 0.25) is 0 Å². The lowest BCUT2D eigenvalue weighted by Crippen LogP contribution is -2.04. The maximum Gasteiger partial charge on any atom is 0.397 e. The molecule has 0 fully saturated rings. The zero-order valence-corrected chi connectivity index (χ0v) is 16.2. The van der Waals surface area contributed by atoms with Gasteiger partial charge in [0.15, 0.2) is 0 Å². The zero-order valence-electron chi connectivity index (χ0n) is 15.4. The first-order valence-corrected chi connectivity index (χ1v) is 10.8. The third-order valence-electron chi connectivity index (χ3n) is 3.61. The normalized spacial score (nSPS) is 11.2. The van der Waals surface area contributed by atoms with Crippen LogP contribution in [0.25, 0.3) is 0 Å². The predicted molar refractivity (Wildman–Crippen MR) is 99.3 cm³/mol. The number of aliphatic hydroxyl groups excluding tert-OH is 1. The number of hydrogen-bond donors (Lipinski definition) is 3. The standard InChI is InChI=1S/C15H32O4S.C2H7NO/c1-2-3-4-5-6-7-8-9-10-11-12-13-14-15-19-20(16,17)18;3-1-2-4/h2-15H2,1H3,(H,16,17,18);4H,1-3H2. The minimum Gasteiger partial charge on any atom is -0.395 e. The van der Waals surface area contributed by atoms with Crippen LogP contribution >= 0.6 is 0 Å². The fraction of sp³-hybridized carbons (Fsp3) is 1.00. The van der Waals surface area contributed by atoms with Crippen molar-refractivity contribution in [2.24, 2.45) is 5.73 Å². The molecule has 0 spiro atoms. The van der Waals surface area contributed by atoms with Crippen LogP contribution < -0.4 is 5.73 Å². The number of aliphatic hydroxyl groups is 1. The van der Waals surface area contributed by atoms with Crippen LogP contribution in [0.3, 0.4) is 0 Å². The van der Waals surface area contributed by atoms with E-state index in [0.717, 1.165) is 12.8 Å². The van der Waals surface area contributed by atoms with Crippen molar-refractivity contribution in [1.29, 1.82) is 0 Å². The molecule has 0 aromatic heterocycles. The van der Waals surface area contributed by atoms with E-state index in [0.29, 0.717) is 13.0 Å². The topological polar surface area (TPSA) is 110 Å². The summed E-state index contributed by atoms with van der Waals surface area (Å²) < 4.78 is 33.2. The molecule has 6 nitrogen and oxygen atoms in total. The van der Waals surface area contributed by atoms with Crippen molar-refractivity contribution >= 4 is 10.4 Å². The first kappa shape index (κ1) is 26.0. The maximum absolute atomic E-state index is 10.3. The molecule has 4 N–H and O–H groups in total. The Hall–Kier alpha value is -0.210. The molecule has 0 atom stereocenters. The lowest BCUT2D eigenvalue weighted by atomic mass is 10.0. The van der Waals surface area contributed by atoms with E-state index in [1.165, 1.54) is 64.2 Å². The summed E-state index contributed by atoms with van der Waals surface area (Å²) in [6.45, 7) is 2.81. The van der Waals surface area contributed by atoms with E-state index in [2.05, 4.69) is 11.1 Å². The number of nitrogens with two attached hydrogens (primary N) is 1. The first-order chi connectivity index (χ1) is 11.5. The highest BCUT2D eigenvalue weighted by molar-refractivity contribution is 7.80. The lowest BCUT2D eigenvalue weighted by molar-refractivity contribution is 0.261. The summed E-state index contributed by atoms with van der Waals surface area (Å²) in [6, 6.07) is 0. The molecule has 0 aliphatic rings. The molecule has 24 heavy (non-hydrogen) atoms. The highest BCUT2D eigenvalue weighted by atomic mass is 32.3. The van der Waals surface area contributed by atoms with Gasteiger partial charge in [-0.05, 0) is 6.42 Å². The SMILES string of the molecule is CCCCCCCCCCCCCCCOS(=O)(=O)O.NCCO. The molecule has 0 aromatic carbocycles. The van der Waals surface area contributed by atoms with Crippen LogP contribution in [0.15, 0.2) is 0 Å². The second kappa shape index (κ2) is 20.8. The summed E-state index contributed by atoms with van der Waals surface area (Å²) in [5, 5.41) is 7.75. The van der Waals surface area contributed by atoms with Crippen molar-refractivity contribution < 1.29 is 22.3 Å². The van der Waals surface area contributed by atoms with Gasteiger partial charge in [-0.15, -0.1) is 0 Å². The Morgan fingerprint density at radius 3 is 1.42 bits per heavy atom. The average molecular weight is 370 g/mol. The van der Waals surface area contributed by atoms with E-state index in [-0.39, 0.29) is 13.2 Å². The second-order valence-electron chi connectivity index (χ2n) is 6.00. The largest absolute Gasteiger partial charge is 0.397 e. The third-order valence-corrected chi connectivity index (χ3v) is 4.07. The van der Waals surface area contributed by atoms with Gasteiger partial charge >= 0.3 is 10.4 Å². The molecule has 0 aliphatic heterocycles. The van der Waals surface area contributed by atoms with E-state index >= 15 is 0 Å². The summed E-state index contributed by atoms with van der Waals surface area (Å²) in [7, 11) is -4.24. The third kappa shape index (κ3) is 29.8. The van der Waals surface area contributed by atoms with E-state index in [1.807, 2.05) is 0 Å². The van der Waals surface area contributed by atoms with Crippen LogP contribution in [-0.4, -0.2) is 37.8 Å². The van der Waals surface area contributed by atoms with Gasteiger partial charge in [0.1, 0.15) is 0 Å². The zero-order chi connectivity index (χ0) is 18.5. The average Bonchev–Trinajstić information content (AvgIpc) is 2.54. The van der Waals surface area contributed by atoms with E-state index < -0.39 is 10.4 Å². The Labute approximate surface area is 149 Å². The van der Waals surface area contributed by atoms with E-state index in [9.17, 15) is 8.42 Å². The monoisotopic (exact) mass is 369 g/mol. The van der Waals surface area contributed by atoms with Crippen molar-refractivity contribution in [3.8, 4) is 0 Å². The summed E-state index contributed by atoms with van der Waals surface area (Å²) in [6.07, 6.45) is 16.1. The fourth-order valence-corrected chi connectivity index (χ4v) is 2.61. The summed E-state index contributed by atoms with van der Waals surface area (Å²) in [5.74, 6) is 0. The van der Waals surface area contributed by atoms with Crippen LogP contribution in [-0.2, 0) is 14.6 Å². The van der Waals surface area contributed by atoms with Gasteiger partial charge < -0.3 is 10.8 Å². The van der Waals surface area contributed by atoms with Crippen molar-refractivity contribution in [3.05, 3.63) is 0 Å². The minimum atomic E-state index is -4.24. The molecule has 148 valence electrons. The molecule has 0 amide bonds. The van der Waals surface area contributed by atoms with Crippen molar-refractivity contribution in [2.75, 3.05) is 19.8 Å². The van der Waals surface area contributed by atoms with E-state index in [4.69, 9.17) is 15.4 Å². The number of unbranched alkanes of at least 4 members (excludes halogenated alkanes) is 12. The molecular formula is C17H39NO5S. The highest BCUT2D eigenvalue weighted by Gasteiger charge is 2.02. The van der Waals surface area contributed by atoms with Gasteiger partial charge in [-0.25, -0.2) is 4.18 Å². The Morgan fingerprint density at radius 1 is 0.792 bits per heavy atom. The molecular weight excluding hydrogens is 330 g/mol. The molecule has 0 aromatic rings. The van der Waals surface area contributed by atoms with Crippen LogP contribution in [0.5, 0.6) is 0 Å². The molecule has 0 saturated heterocycles. The summed E-state index contributed by atoms with van der Waals surface area (Å²) in [4.78, 5) is 0. The molecule has 0 radical (unpaired) electrons. The molecule has 0 bridgehead atoms. The molecule has 7 heteroatoms. The Kier molecular flexibility index (Phi) is 22.6. The van der Waals surface area contributed by atoms with Crippen molar-refractivity contribution in [3.63, 3.8) is 0 Å². The molecule has 0 heterocycles. The molecule has 0 rings (SSSR count). The maximum atomic E-state index is 10.3. The quantitative estimate of drug-likeness (QED) is 0.282. The van der Waals surface area contributed by atoms with Crippen LogP contribution in [0, 0.1) is 0 Å². The summed E-state index contributed by atoms with van der Waals surface area (Å²) >= 11 is 0. The lowest BCUT2D eigenvalue weighted by Gasteiger charge is -2.03. The van der Waals surface area contributed by atoms with Gasteiger partial charge in [-0.3, -0.25) is 4.55 Å². The number of rotatable bonds is 16. The molecule has 0 unspecified atom stereocenters. The van der Waals surface area contributed by atoms with Gasteiger partial charge in [-0.2, -0.15) is 8.42 Å². The van der Waals surface area contributed by atoms with Crippen molar-refractivity contribution in [1.82, 2.24) is 0 Å². The van der Waals surface area contributed by atoms with Crippen LogP contribution in [0.4, 0.5) is 0 Å². The Bertz CT molecular complexity index is 321. The van der Waals surface area contributed by atoms with Crippen LogP contribution in [0.1, 0.15) is 90.4 Å². The molecule has 0 saturated carbocycles. The molecule has 0 aliphatic carbocycles. The van der Waals surface area contributed by atoms with E-state index in [1.54, 1.807) is 0 Å². The number of hydrogen-bond acceptors (Lipinski definition) is 5. The van der Waals surface area contributed by atoms with Gasteiger partial charge in [-0.1, -0.05) is 84.0 Å². The van der Waals surface area contributed by atoms with Crippen molar-refractivity contribution in [2.45, 2.75) is 90.4 Å². The van der Waals surface area contributed by atoms with Gasteiger partial charge in [0.2, 0.25) is 0 Å².